The van der Waals surface area contributed by atoms with Crippen molar-refractivity contribution in [2.75, 3.05) is 39.3 Å². The van der Waals surface area contributed by atoms with E-state index in [1.54, 1.807) is 12.1 Å². The van der Waals surface area contributed by atoms with Crippen LogP contribution in [0, 0.1) is 0 Å². The number of nitrogens with two attached hydrogens (primary N) is 2. The second-order valence-electron chi connectivity index (χ2n) is 6.81. The monoisotopic (exact) mass is 459 g/mol. The second-order valence-corrected chi connectivity index (χ2v) is 6.81. The predicted octanol–water partition coefficient (Wildman–Crippen LogP) is 1.01. The molecule has 176 valence electrons. The summed E-state index contributed by atoms with van der Waals surface area (Å²) >= 11 is 0. The maximum Gasteiger partial charge on any atom is 0.380 e. The zero-order chi connectivity index (χ0) is 24.8. The second kappa shape index (κ2) is 10.4. The number of nitrogens with zero attached hydrogens (tertiary/aromatic N) is 1. The van der Waals surface area contributed by atoms with E-state index in [9.17, 15) is 19.2 Å². The molecular weight excluding hydrogens is 434 g/mol. The molecule has 0 radical (unpaired) electrons. The smallest absolute Gasteiger partial charge is 0.380 e. The summed E-state index contributed by atoms with van der Waals surface area (Å²) in [6, 6.07) is 10.1. The summed E-state index contributed by atoms with van der Waals surface area (Å²) in [5, 5.41) is 0. The molecule has 4 N–H and O–H groups in total. The minimum atomic E-state index is -2.52. The average Bonchev–Trinajstić information content (AvgIpc) is 2.81. The Bertz CT molecular complexity index is 1070. The van der Waals surface area contributed by atoms with Gasteiger partial charge in [0.25, 0.3) is 5.91 Å². The number of Topliss-reactive ketones (excluding diaryl/α,β-unsaturated/α-hetero) is 1. The Morgan fingerprint density at radius 3 is 2.12 bits per heavy atom. The Kier molecular flexibility index (Phi) is 7.84. The fourth-order valence-electron chi connectivity index (χ4n) is 2.89. The number of ketones is 1. The van der Waals surface area contributed by atoms with Crippen molar-refractivity contribution < 1.29 is 38.1 Å². The number of methoxy groups -OCH3 is 2. The number of amides is 1. The third-order valence-corrected chi connectivity index (χ3v) is 4.73. The molecule has 0 aliphatic heterocycles. The molecule has 11 heteroatoms. The number of anilines is 2. The van der Waals surface area contributed by atoms with Crippen molar-refractivity contribution in [3.63, 3.8) is 0 Å². The predicted molar refractivity (Wildman–Crippen MR) is 117 cm³/mol. The molecule has 0 bridgehead atoms. The maximum atomic E-state index is 13.2. The molecule has 2 rings (SSSR count). The van der Waals surface area contributed by atoms with Gasteiger partial charge in [-0.15, -0.1) is 0 Å². The number of hydrogen-bond acceptors (Lipinski definition) is 10. The van der Waals surface area contributed by atoms with Crippen LogP contribution in [0.2, 0.25) is 0 Å². The van der Waals surface area contributed by atoms with Gasteiger partial charge in [-0.1, -0.05) is 12.1 Å². The molecule has 1 unspecified atom stereocenters. The van der Waals surface area contributed by atoms with Crippen molar-refractivity contribution in [1.82, 2.24) is 4.90 Å². The minimum absolute atomic E-state index is 0.0232. The van der Waals surface area contributed by atoms with Gasteiger partial charge in [0, 0.05) is 19.5 Å². The molecule has 1 atom stereocenters. The van der Waals surface area contributed by atoms with Gasteiger partial charge in [0.1, 0.15) is 0 Å². The molecule has 0 aliphatic carbocycles. The Labute approximate surface area is 190 Å². The fraction of sp³-hybridized carbons (Fsp3) is 0.273. The summed E-state index contributed by atoms with van der Waals surface area (Å²) in [5.74, 6) is -3.51. The highest BCUT2D eigenvalue weighted by Gasteiger charge is 2.54. The van der Waals surface area contributed by atoms with Gasteiger partial charge in [0.2, 0.25) is 5.78 Å². The number of hydrogen-bond donors (Lipinski definition) is 2. The molecule has 2 aromatic carbocycles. The molecule has 0 heterocycles. The van der Waals surface area contributed by atoms with Crippen LogP contribution < -0.4 is 20.9 Å². The molecule has 0 saturated heterocycles. The van der Waals surface area contributed by atoms with Crippen molar-refractivity contribution in [3.8, 4) is 11.5 Å². The summed E-state index contributed by atoms with van der Waals surface area (Å²) in [7, 11) is 3.43. The lowest BCUT2D eigenvalue weighted by Gasteiger charge is -2.37. The number of nitrogen functional groups attached to an aromatic ring is 2. The SMILES string of the molecule is COC(=O)COc1ccccc1OC(C(C)=O)(C(=O)OC)N(C)C(=O)c1ccc(N)c(N)c1. The molecule has 0 spiro atoms. The molecular formula is C22H25N3O8. The molecule has 33 heavy (non-hydrogen) atoms. The van der Waals surface area contributed by atoms with Gasteiger partial charge < -0.3 is 30.4 Å². The number of ether oxygens (including phenoxy) is 4. The highest BCUT2D eigenvalue weighted by Crippen LogP contribution is 2.33. The Morgan fingerprint density at radius 2 is 1.58 bits per heavy atom. The molecule has 0 fully saturated rings. The summed E-state index contributed by atoms with van der Waals surface area (Å²) in [5.41, 5.74) is 9.42. The third-order valence-electron chi connectivity index (χ3n) is 4.73. The number of likely N-dealkylation sites (N-methyl/N-ethyl adjacent to an activating group) is 1. The maximum absolute atomic E-state index is 13.2. The van der Waals surface area contributed by atoms with Gasteiger partial charge in [0.05, 0.1) is 25.6 Å². The molecule has 0 aliphatic rings. The number of carbonyl (C=O) groups is 4. The van der Waals surface area contributed by atoms with E-state index in [2.05, 4.69) is 4.74 Å². The average molecular weight is 459 g/mol. The van der Waals surface area contributed by atoms with E-state index >= 15 is 0 Å². The van der Waals surface area contributed by atoms with Crippen molar-refractivity contribution in [2.24, 2.45) is 0 Å². The van der Waals surface area contributed by atoms with Crippen molar-refractivity contribution in [1.29, 1.82) is 0 Å². The van der Waals surface area contributed by atoms with Crippen LogP contribution in [0.4, 0.5) is 11.4 Å². The van der Waals surface area contributed by atoms with Gasteiger partial charge in [-0.2, -0.15) is 0 Å². The van der Waals surface area contributed by atoms with Crippen LogP contribution in [0.5, 0.6) is 11.5 Å². The number of rotatable bonds is 9. The van der Waals surface area contributed by atoms with Gasteiger partial charge in [-0.05, 0) is 30.3 Å². The van der Waals surface area contributed by atoms with E-state index in [0.717, 1.165) is 18.9 Å². The summed E-state index contributed by atoms with van der Waals surface area (Å²) < 4.78 is 20.6. The van der Waals surface area contributed by atoms with Crippen molar-refractivity contribution in [3.05, 3.63) is 48.0 Å². The highest BCUT2D eigenvalue weighted by atomic mass is 16.6. The Morgan fingerprint density at radius 1 is 0.939 bits per heavy atom. The van der Waals surface area contributed by atoms with Gasteiger partial charge in [-0.3, -0.25) is 14.5 Å². The fourth-order valence-corrected chi connectivity index (χ4v) is 2.89. The van der Waals surface area contributed by atoms with Crippen LogP contribution in [0.25, 0.3) is 0 Å². The highest BCUT2D eigenvalue weighted by molar-refractivity contribution is 6.11. The number of esters is 2. The molecule has 0 saturated carbocycles. The summed E-state index contributed by atoms with van der Waals surface area (Å²) in [6.07, 6.45) is 0. The van der Waals surface area contributed by atoms with Gasteiger partial charge >= 0.3 is 17.7 Å². The third kappa shape index (κ3) is 5.14. The van der Waals surface area contributed by atoms with Crippen molar-refractivity contribution in [2.45, 2.75) is 12.6 Å². The lowest BCUT2D eigenvalue weighted by atomic mass is 10.0. The Balaban J connectivity index is 2.54. The van der Waals surface area contributed by atoms with E-state index in [-0.39, 0.29) is 28.4 Å². The normalized spacial score (nSPS) is 12.1. The van der Waals surface area contributed by atoms with Crippen LogP contribution in [-0.4, -0.2) is 62.1 Å². The van der Waals surface area contributed by atoms with E-state index in [1.807, 2.05) is 0 Å². The van der Waals surface area contributed by atoms with Crippen molar-refractivity contribution >= 4 is 35.0 Å². The van der Waals surface area contributed by atoms with Crippen LogP contribution in [0.3, 0.4) is 0 Å². The van der Waals surface area contributed by atoms with E-state index < -0.39 is 36.0 Å². The van der Waals surface area contributed by atoms with Crippen LogP contribution in [0.1, 0.15) is 17.3 Å². The Hall–Kier alpha value is -4.28. The summed E-state index contributed by atoms with van der Waals surface area (Å²) in [4.78, 5) is 51.2. The number of benzene rings is 2. The van der Waals surface area contributed by atoms with Crippen LogP contribution in [0.15, 0.2) is 42.5 Å². The first-order valence-electron chi connectivity index (χ1n) is 9.58. The quantitative estimate of drug-likeness (QED) is 0.240. The zero-order valence-corrected chi connectivity index (χ0v) is 18.6. The molecule has 0 aromatic heterocycles. The topological polar surface area (TPSA) is 160 Å². The standard InChI is InChI=1S/C22H25N3O8/c1-13(26)22(21(29)31-4,25(2)20(28)14-9-10-15(23)16(24)11-14)33-18-8-6-5-7-17(18)32-12-19(27)30-3/h5-11H,12,23-24H2,1-4H3. The largest absolute Gasteiger partial charge is 0.478 e. The lowest BCUT2D eigenvalue weighted by molar-refractivity contribution is -0.177. The van der Waals surface area contributed by atoms with Crippen LogP contribution in [-0.2, 0) is 23.9 Å². The number of para-hydroxylation sites is 2. The first-order valence-corrected chi connectivity index (χ1v) is 9.58. The molecule has 2 aromatic rings. The number of carbonyl (C=O) groups excluding carboxylic acids is 4. The van der Waals surface area contributed by atoms with Gasteiger partial charge in [0.15, 0.2) is 18.1 Å². The zero-order valence-electron chi connectivity index (χ0n) is 18.6. The lowest BCUT2D eigenvalue weighted by Crippen LogP contribution is -2.64. The van der Waals surface area contributed by atoms with E-state index in [0.29, 0.717) is 0 Å². The molecule has 11 nitrogen and oxygen atoms in total. The van der Waals surface area contributed by atoms with E-state index in [1.165, 1.54) is 44.5 Å². The first-order chi connectivity index (χ1) is 15.6. The molecule has 1 amide bonds. The summed E-state index contributed by atoms with van der Waals surface area (Å²) in [6.45, 7) is 0.609. The first kappa shape index (κ1) is 25.0. The minimum Gasteiger partial charge on any atom is -0.478 e. The van der Waals surface area contributed by atoms with Crippen LogP contribution >= 0.6 is 0 Å². The van der Waals surface area contributed by atoms with E-state index in [4.69, 9.17) is 25.7 Å². The van der Waals surface area contributed by atoms with Gasteiger partial charge in [-0.25, -0.2) is 9.59 Å².